The molecule has 15 nitrogen and oxygen atoms in total. The first-order chi connectivity index (χ1) is 30.4. The van der Waals surface area contributed by atoms with Gasteiger partial charge < -0.3 is 42.8 Å². The predicted molar refractivity (Wildman–Crippen MR) is 239 cm³/mol. The van der Waals surface area contributed by atoms with Gasteiger partial charge in [-0.2, -0.15) is 0 Å². The Balaban J connectivity index is 3.34. The molecule has 63 heavy (non-hydrogen) atoms. The van der Waals surface area contributed by atoms with Gasteiger partial charge in [0.05, 0.1) is 59.1 Å². The van der Waals surface area contributed by atoms with Crippen molar-refractivity contribution in [1.29, 1.82) is 0 Å². The lowest BCUT2D eigenvalue weighted by molar-refractivity contribution is -0.189. The van der Waals surface area contributed by atoms with Crippen molar-refractivity contribution < 1.29 is 66.7 Å². The number of carbonyl (C=O) groups is 6. The molecule has 0 fully saturated rings. The Bertz CT molecular complexity index is 1470. The van der Waals surface area contributed by atoms with Gasteiger partial charge in [-0.3, -0.25) is 9.59 Å². The smallest absolute Gasteiger partial charge is 0.351 e. The van der Waals surface area contributed by atoms with Crippen molar-refractivity contribution in [2.45, 2.75) is 161 Å². The van der Waals surface area contributed by atoms with Gasteiger partial charge in [0, 0.05) is 18.7 Å². The molecule has 1 aromatic rings. The van der Waals surface area contributed by atoms with Gasteiger partial charge in [-0.25, -0.2) is 19.2 Å². The average molecular weight is 892 g/mol. The summed E-state index contributed by atoms with van der Waals surface area (Å²) in [6.45, 7) is 7.36. The summed E-state index contributed by atoms with van der Waals surface area (Å²) >= 11 is 0. The number of esters is 6. The number of unbranched alkanes of at least 4 members (excludes halogenated alkanes) is 15. The van der Waals surface area contributed by atoms with E-state index < -0.39 is 54.3 Å². The molecule has 0 saturated heterocycles. The minimum atomic E-state index is -2.46. The molecule has 0 radical (unpaired) electrons. The van der Waals surface area contributed by atoms with Crippen molar-refractivity contribution in [2.75, 3.05) is 61.3 Å². The lowest BCUT2D eigenvalue weighted by Gasteiger charge is -2.29. The summed E-state index contributed by atoms with van der Waals surface area (Å²) in [5, 5.41) is 0. The summed E-state index contributed by atoms with van der Waals surface area (Å²) in [5.41, 5.74) is -2.38. The molecule has 0 aliphatic carbocycles. The lowest BCUT2D eigenvalue weighted by atomic mass is 9.94. The molecule has 0 aromatic heterocycles. The molecule has 0 aliphatic heterocycles. The Morgan fingerprint density at radius 2 is 0.952 bits per heavy atom. The summed E-state index contributed by atoms with van der Waals surface area (Å²) in [5.74, 6) is -6.11. The highest BCUT2D eigenvalue weighted by Gasteiger charge is 2.49. The molecule has 0 spiro atoms. The second-order valence-electron chi connectivity index (χ2n) is 15.9. The van der Waals surface area contributed by atoms with Crippen molar-refractivity contribution in [3.8, 4) is 17.2 Å². The van der Waals surface area contributed by atoms with Crippen molar-refractivity contribution in [1.82, 2.24) is 4.90 Å². The zero-order chi connectivity index (χ0) is 46.7. The summed E-state index contributed by atoms with van der Waals surface area (Å²) in [6.07, 6.45) is 17.2. The van der Waals surface area contributed by atoms with Crippen LogP contribution >= 0.6 is 0 Å². The van der Waals surface area contributed by atoms with Crippen LogP contribution in [-0.4, -0.2) is 108 Å². The van der Waals surface area contributed by atoms with E-state index in [2.05, 4.69) is 20.8 Å². The maximum atomic E-state index is 14.0. The molecule has 1 aromatic carbocycles. The number of hydrogen-bond donors (Lipinski definition) is 0. The number of rotatable bonds is 37. The summed E-state index contributed by atoms with van der Waals surface area (Å²) in [6, 6.07) is 2.64. The Morgan fingerprint density at radius 3 is 1.40 bits per heavy atom. The van der Waals surface area contributed by atoms with Crippen molar-refractivity contribution in [2.24, 2.45) is 0 Å². The fraction of sp³-hybridized carbons (Fsp3) is 0.708. The molecule has 15 heteroatoms. The molecule has 0 aliphatic rings. The number of methoxy groups -OCH3 is 2. The molecule has 0 amide bonds. The molecule has 0 atom stereocenters. The number of ether oxygens (including phenoxy) is 8. The van der Waals surface area contributed by atoms with Crippen LogP contribution in [0, 0.1) is 0 Å². The molecular formula is C48H77NO14. The zero-order valence-electron chi connectivity index (χ0n) is 39.4. The van der Waals surface area contributed by atoms with Gasteiger partial charge in [0.1, 0.15) is 0 Å². The van der Waals surface area contributed by atoms with Gasteiger partial charge in [0.25, 0.3) is 0 Å². The minimum absolute atomic E-state index is 0.0370. The molecule has 0 unspecified atom stereocenters. The van der Waals surface area contributed by atoms with E-state index in [4.69, 9.17) is 37.9 Å². The van der Waals surface area contributed by atoms with Gasteiger partial charge >= 0.3 is 35.8 Å². The third kappa shape index (κ3) is 25.3. The third-order valence-corrected chi connectivity index (χ3v) is 10.0. The van der Waals surface area contributed by atoms with Crippen LogP contribution in [-0.2, 0) is 47.7 Å². The maximum absolute atomic E-state index is 14.0. The highest BCUT2D eigenvalue weighted by molar-refractivity contribution is 5.97. The van der Waals surface area contributed by atoms with E-state index in [9.17, 15) is 28.8 Å². The molecular weight excluding hydrogens is 815 g/mol. The van der Waals surface area contributed by atoms with Gasteiger partial charge in [0.15, 0.2) is 11.5 Å². The Labute approximate surface area is 376 Å². The molecule has 0 saturated carbocycles. The predicted octanol–water partition coefficient (Wildman–Crippen LogP) is 9.05. The molecule has 358 valence electrons. The summed E-state index contributed by atoms with van der Waals surface area (Å²) < 4.78 is 43.8. The van der Waals surface area contributed by atoms with E-state index >= 15 is 0 Å². The van der Waals surface area contributed by atoms with Crippen LogP contribution in [0.1, 0.15) is 166 Å². The van der Waals surface area contributed by atoms with Crippen LogP contribution in [0.15, 0.2) is 24.3 Å². The average Bonchev–Trinajstić information content (AvgIpc) is 3.25. The topological polar surface area (TPSA) is 179 Å². The van der Waals surface area contributed by atoms with Crippen LogP contribution in [0.3, 0.4) is 0 Å². The van der Waals surface area contributed by atoms with E-state index in [1.807, 2.05) is 19.0 Å². The summed E-state index contributed by atoms with van der Waals surface area (Å²) in [7, 11) is 6.42. The second kappa shape index (κ2) is 34.8. The lowest BCUT2D eigenvalue weighted by Crippen LogP contribution is -2.48. The van der Waals surface area contributed by atoms with E-state index in [-0.39, 0.29) is 49.2 Å². The van der Waals surface area contributed by atoms with E-state index in [0.29, 0.717) is 31.8 Å². The monoisotopic (exact) mass is 892 g/mol. The zero-order valence-corrected chi connectivity index (χ0v) is 39.4. The standard InChI is InChI=1S/C48H77NO14/c1-8-11-14-17-20-23-30-58-43(52)36-48(47(55)61-32-25-22-19-16-13-10-3,37-44(53)59-31-24-21-18-15-12-9-2)63-42(51)28-27-41(50)62-45-39(56-6)34-38(35-40(45)57-7)46(54)60-33-26-29-49(4)5/h27-28,34-35H,8-26,29-33,36-37H2,1-7H3/b28-27+. The minimum Gasteiger partial charge on any atom is -0.493 e. The van der Waals surface area contributed by atoms with Gasteiger partial charge in [-0.05, 0) is 51.9 Å². The number of benzene rings is 1. The van der Waals surface area contributed by atoms with E-state index in [1.54, 1.807) is 0 Å². The molecule has 0 N–H and O–H groups in total. The quantitative estimate of drug-likeness (QED) is 0.0203. The first-order valence-electron chi connectivity index (χ1n) is 23.0. The maximum Gasteiger partial charge on any atom is 0.351 e. The number of hydrogen-bond acceptors (Lipinski definition) is 15. The fourth-order valence-corrected chi connectivity index (χ4v) is 6.43. The van der Waals surface area contributed by atoms with Crippen molar-refractivity contribution >= 4 is 35.8 Å². The van der Waals surface area contributed by atoms with Gasteiger partial charge in [-0.1, -0.05) is 117 Å². The van der Waals surface area contributed by atoms with Crippen molar-refractivity contribution in [3.63, 3.8) is 0 Å². The normalized spacial score (nSPS) is 11.3. The van der Waals surface area contributed by atoms with Crippen LogP contribution in [0.25, 0.3) is 0 Å². The first-order valence-corrected chi connectivity index (χ1v) is 23.0. The number of nitrogens with zero attached hydrogens (tertiary/aromatic N) is 1. The molecule has 0 bridgehead atoms. The Morgan fingerprint density at radius 1 is 0.540 bits per heavy atom. The third-order valence-electron chi connectivity index (χ3n) is 10.0. The van der Waals surface area contributed by atoms with E-state index in [0.717, 1.165) is 109 Å². The number of carbonyl (C=O) groups excluding carboxylic acids is 6. The van der Waals surface area contributed by atoms with Crippen LogP contribution in [0.2, 0.25) is 0 Å². The Kier molecular flexibility index (Phi) is 31.1. The van der Waals surface area contributed by atoms with Crippen LogP contribution in [0.4, 0.5) is 0 Å². The second-order valence-corrected chi connectivity index (χ2v) is 15.9. The summed E-state index contributed by atoms with van der Waals surface area (Å²) in [4.78, 5) is 82.0. The van der Waals surface area contributed by atoms with E-state index in [1.165, 1.54) is 26.4 Å². The largest absolute Gasteiger partial charge is 0.493 e. The van der Waals surface area contributed by atoms with Gasteiger partial charge in [-0.15, -0.1) is 0 Å². The van der Waals surface area contributed by atoms with Crippen LogP contribution < -0.4 is 14.2 Å². The molecule has 0 heterocycles. The highest BCUT2D eigenvalue weighted by atomic mass is 16.6. The Hall–Kier alpha value is -4.66. The molecule has 1 rings (SSSR count). The van der Waals surface area contributed by atoms with Gasteiger partial charge in [0.2, 0.25) is 11.4 Å². The first kappa shape index (κ1) is 56.4. The SMILES string of the molecule is CCCCCCCCOC(=O)CC(CC(=O)OCCCCCCCC)(OC(=O)/C=C/C(=O)Oc1c(OC)cc(C(=O)OCCCN(C)C)cc1OC)C(=O)OCCCCCCCC. The van der Waals surface area contributed by atoms with Crippen LogP contribution in [0.5, 0.6) is 17.2 Å². The fourth-order valence-electron chi connectivity index (χ4n) is 6.43. The van der Waals surface area contributed by atoms with Crippen molar-refractivity contribution in [3.05, 3.63) is 29.8 Å². The highest BCUT2D eigenvalue weighted by Crippen LogP contribution is 2.39.